The molecule has 482 valence electrons. The van der Waals surface area contributed by atoms with Crippen molar-refractivity contribution in [2.75, 3.05) is 33.0 Å². The van der Waals surface area contributed by atoms with Crippen molar-refractivity contribution in [1.82, 2.24) is 0 Å². The van der Waals surface area contributed by atoms with E-state index in [1.807, 2.05) is 6.92 Å². The summed E-state index contributed by atoms with van der Waals surface area (Å²) < 4.78 is 59.2. The molecule has 5 aliphatic carbocycles. The smallest absolute Gasteiger partial charge is 0.310 e. The van der Waals surface area contributed by atoms with Crippen LogP contribution in [0.2, 0.25) is 0 Å². The number of allylic oxidation sites excluding steroid dienone is 2. The number of rotatable bonds is 14. The molecule has 0 amide bonds. The molecule has 0 aromatic rings. The normalized spacial score (nSPS) is 54.9. The van der Waals surface area contributed by atoms with Crippen LogP contribution in [0.25, 0.3) is 0 Å². The number of aliphatic hydroxyl groups excluding tert-OH is 14. The number of hydrogen-bond acceptors (Lipinski definition) is 25. The number of aliphatic carboxylic acids is 1. The van der Waals surface area contributed by atoms with Gasteiger partial charge in [0.2, 0.25) is 0 Å². The van der Waals surface area contributed by atoms with E-state index < -0.39 is 184 Å². The van der Waals surface area contributed by atoms with Gasteiger partial charge in [-0.25, -0.2) is 0 Å². The van der Waals surface area contributed by atoms with Crippen molar-refractivity contribution in [3.05, 3.63) is 11.6 Å². The molecule has 0 spiro atoms. The summed E-state index contributed by atoms with van der Waals surface area (Å²) in [5.74, 6) is -0.548. The molecule has 10 aliphatic rings. The number of fused-ring (bicyclic) bond motifs is 7. The van der Waals surface area contributed by atoms with E-state index in [1.54, 1.807) is 0 Å². The van der Waals surface area contributed by atoms with Gasteiger partial charge in [0.1, 0.15) is 104 Å². The highest BCUT2D eigenvalue weighted by Gasteiger charge is 2.70. The zero-order valence-corrected chi connectivity index (χ0v) is 49.0. The molecular weight excluding hydrogens is 1110 g/mol. The van der Waals surface area contributed by atoms with Crippen molar-refractivity contribution < 1.29 is 129 Å². The van der Waals surface area contributed by atoms with Crippen LogP contribution in [0.4, 0.5) is 0 Å². The fraction of sp³-hybridized carbons (Fsp3) is 0.948. The molecule has 0 unspecified atom stereocenters. The van der Waals surface area contributed by atoms with Crippen LogP contribution < -0.4 is 0 Å². The Bertz CT molecular complexity index is 2330. The van der Waals surface area contributed by atoms with E-state index in [2.05, 4.69) is 40.7 Å². The Morgan fingerprint density at radius 2 is 1.17 bits per heavy atom. The summed E-state index contributed by atoms with van der Waals surface area (Å²) in [6.07, 6.45) is -29.6. The minimum absolute atomic E-state index is 0.0268. The monoisotopic (exact) mass is 1210 g/mol. The topological polar surface area (TPSA) is 413 Å². The van der Waals surface area contributed by atoms with E-state index in [0.717, 1.165) is 44.9 Å². The summed E-state index contributed by atoms with van der Waals surface area (Å²) in [5, 5.41) is 164. The highest BCUT2D eigenvalue weighted by molar-refractivity contribution is 5.76. The predicted octanol–water partition coefficient (Wildman–Crippen LogP) is -2.37. The third-order valence-electron chi connectivity index (χ3n) is 22.9. The second kappa shape index (κ2) is 24.1. The SMILES string of the molecule is C[C@@H]1O[C@@H](O[C@H]2[C@H](O[C@@H]3CC[C@@]4(C)[C@@H](CC[C@]5(C)[C@@H]4CC=C4[C@H]6CC(C)(C)CC[C@@]6(C(=O)O)CC[C@]45C)[C@]3(C)CO)OC[C@H](O)[C@@H]2O)[C@H](O)[C@H](O[C@@H]2OC[C@@H](O[C@@H]3O[C@H](CO)[C@@H](O[C@@H]4O[C@H](CO)[C@@H](O)[C@H](O)[C@H]4O)[C@H](O)[C@H]3O)[C@H](O)[C@H]2O)[C@H]1O. The summed E-state index contributed by atoms with van der Waals surface area (Å²) in [5.41, 5.74) is -0.906. The lowest BCUT2D eigenvalue weighted by Crippen LogP contribution is -2.67. The first-order chi connectivity index (χ1) is 39.4. The van der Waals surface area contributed by atoms with E-state index in [9.17, 15) is 81.4 Å². The van der Waals surface area contributed by atoms with Crippen LogP contribution in [0, 0.1) is 50.2 Å². The van der Waals surface area contributed by atoms with Crippen LogP contribution >= 0.6 is 0 Å². The Labute approximate surface area is 488 Å². The number of ether oxygens (including phenoxy) is 10. The van der Waals surface area contributed by atoms with Crippen LogP contribution in [0.3, 0.4) is 0 Å². The number of carboxylic acids is 1. The molecule has 0 aromatic carbocycles. The lowest BCUT2D eigenvalue weighted by molar-refractivity contribution is -0.386. The first-order valence-electron chi connectivity index (χ1n) is 30.2. The van der Waals surface area contributed by atoms with E-state index in [0.29, 0.717) is 19.3 Å². The Morgan fingerprint density at radius 1 is 0.560 bits per heavy atom. The highest BCUT2D eigenvalue weighted by atomic mass is 16.8. The van der Waals surface area contributed by atoms with Crippen molar-refractivity contribution >= 4 is 5.97 Å². The quantitative estimate of drug-likeness (QED) is 0.0639. The second-order valence-corrected chi connectivity index (χ2v) is 28.0. The summed E-state index contributed by atoms with van der Waals surface area (Å²) in [7, 11) is 0. The number of carboxylic acid groups (broad SMARTS) is 1. The maximum absolute atomic E-state index is 13.2. The molecule has 0 aromatic heterocycles. The lowest BCUT2D eigenvalue weighted by Gasteiger charge is -2.71. The van der Waals surface area contributed by atoms with Crippen molar-refractivity contribution in [1.29, 1.82) is 0 Å². The molecular formula is C58H94O26. The molecule has 5 aliphatic heterocycles. The Balaban J connectivity index is 0.788. The van der Waals surface area contributed by atoms with Crippen LogP contribution in [0.5, 0.6) is 0 Å². The van der Waals surface area contributed by atoms with Crippen molar-refractivity contribution in [2.45, 2.75) is 260 Å². The standard InChI is InChI=1S/C58H94O26/c1-24-34(63)45(83-47-40(69)37(66)30(22-76-47)80-48-42(71)39(68)44(29(20-60)79-48)82-49-41(70)38(67)36(65)28(19-59)78-49)43(72)50(77-24)84-46-35(64)27(62)21-75-51(46)81-33-11-12-54(4)31(55(33,5)23-61)10-13-57(7)32(54)9-8-25-26-18-53(2,3)14-16-58(26,52(73)74)17-15-56(25,57)6/h8,24,26-51,59-72H,9-23H2,1-7H3,(H,73,74)/t24-,26+,27-,28+,29+,30+,31+,32+,33+,34-,35-,36+,37-,38-,39+,40+,41+,42+,43+,44+,45+,46+,47-,48-,49-,50-,51-,54-,55-,56+,57+,58+/m0/s1. The van der Waals surface area contributed by atoms with Gasteiger partial charge in [-0.2, -0.15) is 0 Å². The lowest BCUT2D eigenvalue weighted by atomic mass is 9.33. The summed E-state index contributed by atoms with van der Waals surface area (Å²) in [6.45, 7) is 12.3. The Morgan fingerprint density at radius 3 is 1.85 bits per heavy atom. The van der Waals surface area contributed by atoms with Gasteiger partial charge in [0.15, 0.2) is 31.5 Å². The van der Waals surface area contributed by atoms with E-state index >= 15 is 0 Å². The summed E-state index contributed by atoms with van der Waals surface area (Å²) in [4.78, 5) is 13.2. The molecule has 84 heavy (non-hydrogen) atoms. The summed E-state index contributed by atoms with van der Waals surface area (Å²) in [6, 6.07) is 0. The Hall–Kier alpha value is -1.75. The van der Waals surface area contributed by atoms with Gasteiger partial charge in [-0.1, -0.05) is 53.2 Å². The minimum Gasteiger partial charge on any atom is -0.481 e. The Kier molecular flexibility index (Phi) is 18.7. The van der Waals surface area contributed by atoms with Gasteiger partial charge < -0.3 is 124 Å². The second-order valence-electron chi connectivity index (χ2n) is 28.0. The fourth-order valence-corrected chi connectivity index (χ4v) is 17.5. The van der Waals surface area contributed by atoms with Gasteiger partial charge in [-0.05, 0) is 111 Å². The van der Waals surface area contributed by atoms with Gasteiger partial charge in [0.25, 0.3) is 0 Å². The molecule has 5 saturated heterocycles. The van der Waals surface area contributed by atoms with E-state index in [4.69, 9.17) is 47.4 Å². The van der Waals surface area contributed by atoms with Crippen molar-refractivity contribution in [2.24, 2.45) is 50.2 Å². The third kappa shape index (κ3) is 10.8. The zero-order chi connectivity index (χ0) is 61.1. The predicted molar refractivity (Wildman–Crippen MR) is 284 cm³/mol. The molecule has 5 heterocycles. The summed E-state index contributed by atoms with van der Waals surface area (Å²) >= 11 is 0. The minimum atomic E-state index is -1.99. The fourth-order valence-electron chi connectivity index (χ4n) is 17.5. The van der Waals surface area contributed by atoms with E-state index in [1.165, 1.54) is 12.5 Å². The van der Waals surface area contributed by atoms with Gasteiger partial charge in [-0.15, -0.1) is 0 Å². The molecule has 0 bridgehead atoms. The highest BCUT2D eigenvalue weighted by Crippen LogP contribution is 2.76. The first-order valence-corrected chi connectivity index (χ1v) is 30.2. The average Bonchev–Trinajstić information content (AvgIpc) is 0.688. The molecule has 26 nitrogen and oxygen atoms in total. The molecule has 32 atom stereocenters. The van der Waals surface area contributed by atoms with Crippen LogP contribution in [0.15, 0.2) is 11.6 Å². The van der Waals surface area contributed by atoms with Gasteiger partial charge in [-0.3, -0.25) is 4.79 Å². The molecule has 26 heteroatoms. The van der Waals surface area contributed by atoms with Crippen molar-refractivity contribution in [3.8, 4) is 0 Å². The van der Waals surface area contributed by atoms with Crippen molar-refractivity contribution in [3.63, 3.8) is 0 Å². The molecule has 15 N–H and O–H groups in total. The zero-order valence-electron chi connectivity index (χ0n) is 49.0. The molecule has 4 saturated carbocycles. The number of carbonyl (C=O) groups is 1. The average molecular weight is 1210 g/mol. The van der Waals surface area contributed by atoms with Gasteiger partial charge in [0.05, 0.1) is 50.7 Å². The van der Waals surface area contributed by atoms with Crippen LogP contribution in [-0.4, -0.2) is 263 Å². The molecule has 9 fully saturated rings. The maximum atomic E-state index is 13.2. The number of hydrogen-bond donors (Lipinski definition) is 15. The van der Waals surface area contributed by atoms with Crippen LogP contribution in [0.1, 0.15) is 113 Å². The number of aliphatic hydroxyl groups is 14. The van der Waals surface area contributed by atoms with Gasteiger partial charge >= 0.3 is 5.97 Å². The third-order valence-corrected chi connectivity index (χ3v) is 22.9. The molecule has 10 rings (SSSR count). The molecule has 0 radical (unpaired) electrons. The van der Waals surface area contributed by atoms with Crippen LogP contribution in [-0.2, 0) is 52.2 Å². The largest absolute Gasteiger partial charge is 0.481 e. The maximum Gasteiger partial charge on any atom is 0.310 e. The van der Waals surface area contributed by atoms with E-state index in [-0.39, 0.29) is 52.6 Å². The van der Waals surface area contributed by atoms with Gasteiger partial charge in [0, 0.05) is 5.41 Å². The first kappa shape index (κ1) is 65.2.